The summed E-state index contributed by atoms with van der Waals surface area (Å²) in [6.45, 7) is 4.73. The predicted molar refractivity (Wildman–Crippen MR) is 75.8 cm³/mol. The first-order valence-electron chi connectivity index (χ1n) is 6.67. The van der Waals surface area contributed by atoms with E-state index in [2.05, 4.69) is 5.43 Å². The number of alkyl halides is 3. The third kappa shape index (κ3) is 3.02. The fourth-order valence-corrected chi connectivity index (χ4v) is 2.62. The molecule has 1 N–H and O–H groups in total. The highest BCUT2D eigenvalue weighted by atomic mass is 19.4. The number of ether oxygens (including phenoxy) is 1. The summed E-state index contributed by atoms with van der Waals surface area (Å²) < 4.78 is 44.4. The van der Waals surface area contributed by atoms with Crippen molar-refractivity contribution in [2.24, 2.45) is 0 Å². The summed E-state index contributed by atoms with van der Waals surface area (Å²) >= 11 is 0. The highest BCUT2D eigenvalue weighted by Gasteiger charge is 2.43. The first kappa shape index (κ1) is 16.2. The monoisotopic (exact) mass is 311 g/mol. The molecule has 2 rings (SSSR count). The highest BCUT2D eigenvalue weighted by molar-refractivity contribution is 5.63. The molecule has 0 saturated carbocycles. The summed E-state index contributed by atoms with van der Waals surface area (Å²) in [6.07, 6.45) is -4.51. The molecule has 0 aliphatic carbocycles. The molecule has 118 valence electrons. The average molecular weight is 311 g/mol. The molecular formula is C15H16F3N3O. The Kier molecular flexibility index (Phi) is 4.33. The number of hydrazine groups is 1. The summed E-state index contributed by atoms with van der Waals surface area (Å²) in [4.78, 5) is 0. The van der Waals surface area contributed by atoms with E-state index in [0.29, 0.717) is 5.69 Å². The Morgan fingerprint density at radius 2 is 1.86 bits per heavy atom. The van der Waals surface area contributed by atoms with Gasteiger partial charge < -0.3 is 4.74 Å². The summed E-state index contributed by atoms with van der Waals surface area (Å²) in [5.41, 5.74) is 5.16. The van der Waals surface area contributed by atoms with Gasteiger partial charge >= 0.3 is 6.18 Å². The Labute approximate surface area is 126 Å². The quantitative estimate of drug-likeness (QED) is 0.931. The van der Waals surface area contributed by atoms with Gasteiger partial charge in [-0.2, -0.15) is 18.4 Å². The molecule has 0 aromatic heterocycles. The largest absolute Gasteiger partial charge is 0.462 e. The second-order valence-corrected chi connectivity index (χ2v) is 5.15. The molecule has 1 aliphatic rings. The fraction of sp³-hybridized carbons (Fsp3) is 0.400. The van der Waals surface area contributed by atoms with Crippen LogP contribution in [0.25, 0.3) is 0 Å². The number of halogens is 3. The van der Waals surface area contributed by atoms with E-state index in [0.717, 1.165) is 16.7 Å². The van der Waals surface area contributed by atoms with Crippen LogP contribution >= 0.6 is 0 Å². The van der Waals surface area contributed by atoms with Gasteiger partial charge in [-0.25, -0.2) is 10.4 Å². The maximum absolute atomic E-state index is 13.1. The molecule has 0 amide bonds. The van der Waals surface area contributed by atoms with E-state index in [-0.39, 0.29) is 5.88 Å². The standard InChI is InChI=1S/C15H16F3N3O/c1-9-6-10(2)13(11(3)7-9)21-14(22-5-4-19)12(8-20-21)15(16,17)18/h6-7,20H,5,8H2,1-3H3. The van der Waals surface area contributed by atoms with E-state index in [1.807, 2.05) is 32.9 Å². The lowest BCUT2D eigenvalue weighted by atomic mass is 10.0. The Morgan fingerprint density at radius 1 is 1.27 bits per heavy atom. The topological polar surface area (TPSA) is 48.3 Å². The van der Waals surface area contributed by atoms with Crippen LogP contribution in [0.1, 0.15) is 16.7 Å². The third-order valence-corrected chi connectivity index (χ3v) is 3.35. The van der Waals surface area contributed by atoms with Crippen molar-refractivity contribution in [3.8, 4) is 6.07 Å². The van der Waals surface area contributed by atoms with Crippen molar-refractivity contribution in [2.45, 2.75) is 26.9 Å². The number of rotatable bonds is 3. The maximum atomic E-state index is 13.1. The SMILES string of the molecule is Cc1cc(C)c(N2NCC(C(F)(F)F)=C2OCC#N)c(C)c1. The van der Waals surface area contributed by atoms with Crippen LogP contribution in [0.2, 0.25) is 0 Å². The zero-order chi connectivity index (χ0) is 16.5. The van der Waals surface area contributed by atoms with Crippen LogP contribution in [0.15, 0.2) is 23.6 Å². The number of nitrogens with one attached hydrogen (secondary N) is 1. The maximum Gasteiger partial charge on any atom is 0.419 e. The average Bonchev–Trinajstić information content (AvgIpc) is 2.78. The molecule has 0 fully saturated rings. The molecule has 0 radical (unpaired) electrons. The Bertz CT molecular complexity index is 636. The molecule has 0 saturated heterocycles. The Morgan fingerprint density at radius 3 is 2.36 bits per heavy atom. The predicted octanol–water partition coefficient (Wildman–Crippen LogP) is 3.25. The first-order chi connectivity index (χ1) is 10.3. The second-order valence-electron chi connectivity index (χ2n) is 5.15. The van der Waals surface area contributed by atoms with Crippen LogP contribution in [0.5, 0.6) is 0 Å². The molecule has 1 heterocycles. The number of nitriles is 1. The fourth-order valence-electron chi connectivity index (χ4n) is 2.62. The Hall–Kier alpha value is -2.20. The van der Waals surface area contributed by atoms with Crippen molar-refractivity contribution in [1.29, 1.82) is 5.26 Å². The molecule has 1 aliphatic heterocycles. The van der Waals surface area contributed by atoms with Gasteiger partial charge in [0, 0.05) is 0 Å². The van der Waals surface area contributed by atoms with E-state index >= 15 is 0 Å². The first-order valence-corrected chi connectivity index (χ1v) is 6.67. The summed E-state index contributed by atoms with van der Waals surface area (Å²) in [7, 11) is 0. The molecular weight excluding hydrogens is 295 g/mol. The molecule has 22 heavy (non-hydrogen) atoms. The van der Waals surface area contributed by atoms with Gasteiger partial charge in [-0.15, -0.1) is 0 Å². The number of benzene rings is 1. The van der Waals surface area contributed by atoms with Gasteiger partial charge in [0.1, 0.15) is 11.6 Å². The van der Waals surface area contributed by atoms with E-state index in [1.54, 1.807) is 6.07 Å². The van der Waals surface area contributed by atoms with Crippen molar-refractivity contribution in [1.82, 2.24) is 5.43 Å². The summed E-state index contributed by atoms with van der Waals surface area (Å²) in [6, 6.07) is 5.47. The molecule has 1 aromatic carbocycles. The zero-order valence-electron chi connectivity index (χ0n) is 12.5. The van der Waals surface area contributed by atoms with Crippen LogP contribution in [0, 0.1) is 32.1 Å². The number of anilines is 1. The van der Waals surface area contributed by atoms with Crippen molar-refractivity contribution in [2.75, 3.05) is 18.2 Å². The molecule has 0 spiro atoms. The van der Waals surface area contributed by atoms with Gasteiger partial charge in [0.15, 0.2) is 6.61 Å². The highest BCUT2D eigenvalue weighted by Crippen LogP contribution is 2.37. The smallest absolute Gasteiger partial charge is 0.419 e. The lowest BCUT2D eigenvalue weighted by molar-refractivity contribution is -0.0946. The number of nitrogens with zero attached hydrogens (tertiary/aromatic N) is 2. The van der Waals surface area contributed by atoms with E-state index < -0.39 is 24.9 Å². The minimum absolute atomic E-state index is 0.357. The van der Waals surface area contributed by atoms with Crippen molar-refractivity contribution in [3.63, 3.8) is 0 Å². The van der Waals surface area contributed by atoms with Crippen LogP contribution in [0.4, 0.5) is 18.9 Å². The molecule has 4 nitrogen and oxygen atoms in total. The van der Waals surface area contributed by atoms with E-state index in [1.165, 1.54) is 5.01 Å². The van der Waals surface area contributed by atoms with Crippen molar-refractivity contribution < 1.29 is 17.9 Å². The van der Waals surface area contributed by atoms with Crippen LogP contribution in [-0.4, -0.2) is 19.3 Å². The van der Waals surface area contributed by atoms with Gasteiger partial charge in [-0.05, 0) is 31.9 Å². The van der Waals surface area contributed by atoms with E-state index in [4.69, 9.17) is 10.00 Å². The number of hydrogen-bond acceptors (Lipinski definition) is 4. The van der Waals surface area contributed by atoms with Crippen LogP contribution in [-0.2, 0) is 4.74 Å². The van der Waals surface area contributed by atoms with Crippen molar-refractivity contribution >= 4 is 5.69 Å². The molecule has 0 bridgehead atoms. The lowest BCUT2D eigenvalue weighted by Gasteiger charge is -2.25. The van der Waals surface area contributed by atoms with Crippen LogP contribution in [0.3, 0.4) is 0 Å². The summed E-state index contributed by atoms with van der Waals surface area (Å²) in [5, 5.41) is 9.88. The zero-order valence-corrected chi connectivity index (χ0v) is 12.5. The van der Waals surface area contributed by atoms with Gasteiger partial charge in [-0.3, -0.25) is 0 Å². The molecule has 0 unspecified atom stereocenters. The number of hydrogen-bond donors (Lipinski definition) is 1. The van der Waals surface area contributed by atoms with Gasteiger partial charge in [0.2, 0.25) is 5.88 Å². The molecule has 0 atom stereocenters. The minimum Gasteiger partial charge on any atom is -0.462 e. The second kappa shape index (κ2) is 5.89. The third-order valence-electron chi connectivity index (χ3n) is 3.35. The normalized spacial score (nSPS) is 15.2. The lowest BCUT2D eigenvalue weighted by Crippen LogP contribution is -2.34. The van der Waals surface area contributed by atoms with Gasteiger partial charge in [-0.1, -0.05) is 17.7 Å². The Balaban J connectivity index is 2.52. The van der Waals surface area contributed by atoms with Crippen molar-refractivity contribution in [3.05, 3.63) is 40.3 Å². The summed E-state index contributed by atoms with van der Waals surface area (Å²) in [5.74, 6) is -0.357. The van der Waals surface area contributed by atoms with Gasteiger partial charge in [0.25, 0.3) is 0 Å². The van der Waals surface area contributed by atoms with Crippen LogP contribution < -0.4 is 10.4 Å². The number of aryl methyl sites for hydroxylation is 3. The van der Waals surface area contributed by atoms with Gasteiger partial charge in [0.05, 0.1) is 12.2 Å². The van der Waals surface area contributed by atoms with E-state index in [9.17, 15) is 13.2 Å². The minimum atomic E-state index is -4.51. The molecule has 7 heteroatoms. The molecule has 1 aromatic rings.